The Morgan fingerprint density at radius 2 is 2.12 bits per heavy atom. The standard InChI is InChI=1S/C25H34ClN3O3S/c1-5-10-27-25(31)28(14-17(2)3)15-24(30)29-11-8-23-20(9-12-33-23)22(29)16-32-19-6-7-21(26)18(4)13-19/h6-7,9,12-13,17,22H,5,8,10-11,14-16H2,1-4H3,(H,27,31)/t22-/m0/s1. The van der Waals surface area contributed by atoms with E-state index in [1.807, 2.05) is 50.8 Å². The summed E-state index contributed by atoms with van der Waals surface area (Å²) in [5.74, 6) is 0.939. The van der Waals surface area contributed by atoms with Gasteiger partial charge in [0.1, 0.15) is 18.9 Å². The lowest BCUT2D eigenvalue weighted by atomic mass is 10.0. The Balaban J connectivity index is 1.76. The summed E-state index contributed by atoms with van der Waals surface area (Å²) in [7, 11) is 0. The Bertz CT molecular complexity index is 962. The number of nitrogens with zero attached hydrogens (tertiary/aromatic N) is 2. The fourth-order valence-corrected chi connectivity index (χ4v) is 5.06. The number of hydrogen-bond acceptors (Lipinski definition) is 4. The number of hydrogen-bond donors (Lipinski definition) is 1. The van der Waals surface area contributed by atoms with Crippen LogP contribution in [0.15, 0.2) is 29.6 Å². The average Bonchev–Trinajstić information content (AvgIpc) is 3.26. The first-order valence-corrected chi connectivity index (χ1v) is 12.8. The molecule has 2 aromatic rings. The van der Waals surface area contributed by atoms with Crippen LogP contribution in [0, 0.1) is 12.8 Å². The maximum atomic E-state index is 13.5. The van der Waals surface area contributed by atoms with Gasteiger partial charge in [0.2, 0.25) is 5.91 Å². The first-order chi connectivity index (χ1) is 15.8. The van der Waals surface area contributed by atoms with Gasteiger partial charge in [-0.1, -0.05) is 32.4 Å². The van der Waals surface area contributed by atoms with Gasteiger partial charge < -0.3 is 19.9 Å². The van der Waals surface area contributed by atoms with E-state index in [0.717, 1.165) is 29.7 Å². The van der Waals surface area contributed by atoms with Crippen LogP contribution in [0.1, 0.15) is 49.2 Å². The number of urea groups is 1. The number of benzene rings is 1. The third-order valence-electron chi connectivity index (χ3n) is 5.68. The average molecular weight is 492 g/mol. The van der Waals surface area contributed by atoms with Gasteiger partial charge in [0.05, 0.1) is 6.04 Å². The van der Waals surface area contributed by atoms with Crippen molar-refractivity contribution in [1.82, 2.24) is 15.1 Å². The number of nitrogens with one attached hydrogen (secondary N) is 1. The number of rotatable bonds is 9. The van der Waals surface area contributed by atoms with Crippen molar-refractivity contribution in [2.75, 3.05) is 32.8 Å². The number of amides is 3. The maximum absolute atomic E-state index is 13.5. The smallest absolute Gasteiger partial charge is 0.317 e. The summed E-state index contributed by atoms with van der Waals surface area (Å²) >= 11 is 7.86. The summed E-state index contributed by atoms with van der Waals surface area (Å²) in [4.78, 5) is 30.9. The highest BCUT2D eigenvalue weighted by Gasteiger charge is 2.33. The normalized spacial score (nSPS) is 15.3. The van der Waals surface area contributed by atoms with Gasteiger partial charge in [0, 0.05) is 29.5 Å². The van der Waals surface area contributed by atoms with Crippen molar-refractivity contribution in [2.24, 2.45) is 5.92 Å². The third kappa shape index (κ3) is 6.64. The Labute approximate surface area is 205 Å². The largest absolute Gasteiger partial charge is 0.491 e. The van der Waals surface area contributed by atoms with Crippen molar-refractivity contribution in [3.05, 3.63) is 50.7 Å². The predicted molar refractivity (Wildman–Crippen MR) is 134 cm³/mol. The van der Waals surface area contributed by atoms with E-state index in [1.54, 1.807) is 16.2 Å². The van der Waals surface area contributed by atoms with Crippen molar-refractivity contribution in [3.8, 4) is 5.75 Å². The van der Waals surface area contributed by atoms with E-state index >= 15 is 0 Å². The lowest BCUT2D eigenvalue weighted by Gasteiger charge is -2.37. The number of aryl methyl sites for hydroxylation is 1. The number of thiophene rings is 1. The SMILES string of the molecule is CCCNC(=O)N(CC(=O)N1CCc2sccc2[C@@H]1COc1ccc(Cl)c(C)c1)CC(C)C. The molecule has 180 valence electrons. The molecule has 2 heterocycles. The summed E-state index contributed by atoms with van der Waals surface area (Å²) < 4.78 is 6.12. The van der Waals surface area contributed by atoms with Crippen LogP contribution in [-0.2, 0) is 11.2 Å². The van der Waals surface area contributed by atoms with Crippen molar-refractivity contribution in [1.29, 1.82) is 0 Å². The van der Waals surface area contributed by atoms with E-state index in [9.17, 15) is 9.59 Å². The second kappa shape index (κ2) is 11.7. The van der Waals surface area contributed by atoms with Crippen molar-refractivity contribution in [2.45, 2.75) is 46.6 Å². The second-order valence-corrected chi connectivity index (χ2v) is 10.3. The third-order valence-corrected chi connectivity index (χ3v) is 7.10. The van der Waals surface area contributed by atoms with E-state index in [1.165, 1.54) is 4.88 Å². The molecule has 1 aromatic carbocycles. The Morgan fingerprint density at radius 3 is 2.82 bits per heavy atom. The van der Waals surface area contributed by atoms with Crippen LogP contribution >= 0.6 is 22.9 Å². The molecule has 0 spiro atoms. The molecule has 1 atom stereocenters. The molecule has 1 aromatic heterocycles. The molecule has 6 nitrogen and oxygen atoms in total. The molecule has 1 aliphatic heterocycles. The van der Waals surface area contributed by atoms with Crippen LogP contribution in [0.25, 0.3) is 0 Å². The zero-order chi connectivity index (χ0) is 24.0. The molecule has 3 amide bonds. The van der Waals surface area contributed by atoms with Crippen LogP contribution in [0.2, 0.25) is 5.02 Å². The molecular weight excluding hydrogens is 458 g/mol. The molecule has 0 saturated heterocycles. The van der Waals surface area contributed by atoms with Gasteiger partial charge in [-0.2, -0.15) is 0 Å². The molecule has 0 fully saturated rings. The maximum Gasteiger partial charge on any atom is 0.317 e. The topological polar surface area (TPSA) is 61.9 Å². The summed E-state index contributed by atoms with van der Waals surface area (Å²) in [5.41, 5.74) is 2.08. The minimum absolute atomic E-state index is 0.0555. The highest BCUT2D eigenvalue weighted by molar-refractivity contribution is 7.10. The highest BCUT2D eigenvalue weighted by atomic mass is 35.5. The molecule has 0 aliphatic carbocycles. The number of halogens is 1. The summed E-state index contributed by atoms with van der Waals surface area (Å²) in [5, 5.41) is 5.68. The lowest BCUT2D eigenvalue weighted by molar-refractivity contribution is -0.135. The summed E-state index contributed by atoms with van der Waals surface area (Å²) in [6, 6.07) is 7.29. The van der Waals surface area contributed by atoms with Gasteiger partial charge in [-0.25, -0.2) is 4.79 Å². The van der Waals surface area contributed by atoms with E-state index < -0.39 is 0 Å². The number of ether oxygens (including phenoxy) is 1. The second-order valence-electron chi connectivity index (χ2n) is 8.88. The quantitative estimate of drug-likeness (QED) is 0.518. The van der Waals surface area contributed by atoms with Gasteiger partial charge in [0.25, 0.3) is 0 Å². The molecule has 0 radical (unpaired) electrons. The van der Waals surface area contributed by atoms with Gasteiger partial charge in [0.15, 0.2) is 0 Å². The highest BCUT2D eigenvalue weighted by Crippen LogP contribution is 2.34. The molecule has 33 heavy (non-hydrogen) atoms. The minimum atomic E-state index is -0.192. The molecule has 0 unspecified atom stereocenters. The van der Waals surface area contributed by atoms with Gasteiger partial charge in [-0.15, -0.1) is 11.3 Å². The van der Waals surface area contributed by atoms with E-state index in [2.05, 4.69) is 16.8 Å². The predicted octanol–water partition coefficient (Wildman–Crippen LogP) is 5.29. The Kier molecular flexibility index (Phi) is 9.03. The first-order valence-electron chi connectivity index (χ1n) is 11.6. The molecule has 0 bridgehead atoms. The molecule has 1 N–H and O–H groups in total. The van der Waals surface area contributed by atoms with Gasteiger partial charge >= 0.3 is 6.03 Å². The van der Waals surface area contributed by atoms with E-state index in [0.29, 0.717) is 31.3 Å². The summed E-state index contributed by atoms with van der Waals surface area (Å²) in [6.07, 6.45) is 1.67. The van der Waals surface area contributed by atoms with Gasteiger partial charge in [-0.3, -0.25) is 4.79 Å². The van der Waals surface area contributed by atoms with Gasteiger partial charge in [-0.05, 0) is 66.5 Å². The van der Waals surface area contributed by atoms with Crippen molar-refractivity contribution in [3.63, 3.8) is 0 Å². The number of carbonyl (C=O) groups excluding carboxylic acids is 2. The molecule has 1 aliphatic rings. The van der Waals surface area contributed by atoms with Crippen molar-refractivity contribution >= 4 is 34.9 Å². The minimum Gasteiger partial charge on any atom is -0.491 e. The summed E-state index contributed by atoms with van der Waals surface area (Å²) in [6.45, 7) is 10.2. The van der Waals surface area contributed by atoms with Crippen LogP contribution in [0.5, 0.6) is 5.75 Å². The number of fused-ring (bicyclic) bond motifs is 1. The lowest BCUT2D eigenvalue weighted by Crippen LogP contribution is -2.50. The van der Waals surface area contributed by atoms with E-state index in [4.69, 9.17) is 16.3 Å². The fourth-order valence-electron chi connectivity index (χ4n) is 4.01. The van der Waals surface area contributed by atoms with E-state index in [-0.39, 0.29) is 30.4 Å². The first kappa shape index (κ1) is 25.4. The van der Waals surface area contributed by atoms with Crippen LogP contribution in [0.3, 0.4) is 0 Å². The van der Waals surface area contributed by atoms with Crippen molar-refractivity contribution < 1.29 is 14.3 Å². The monoisotopic (exact) mass is 491 g/mol. The zero-order valence-corrected chi connectivity index (χ0v) is 21.5. The van der Waals surface area contributed by atoms with Crippen LogP contribution in [0.4, 0.5) is 4.79 Å². The Morgan fingerprint density at radius 1 is 1.33 bits per heavy atom. The Hall–Kier alpha value is -2.25. The van der Waals surface area contributed by atoms with Crippen LogP contribution < -0.4 is 10.1 Å². The molecule has 3 rings (SSSR count). The van der Waals surface area contributed by atoms with Crippen LogP contribution in [-0.4, -0.2) is 54.5 Å². The fraction of sp³-hybridized carbons (Fsp3) is 0.520. The number of carbonyl (C=O) groups is 2. The molecular formula is C25H34ClN3O3S. The zero-order valence-electron chi connectivity index (χ0n) is 19.9. The molecule has 8 heteroatoms. The molecule has 0 saturated carbocycles.